The Balaban J connectivity index is 2.03. The van der Waals surface area contributed by atoms with Crippen molar-refractivity contribution in [1.82, 2.24) is 20.6 Å². The number of aromatic nitrogens is 4. The Morgan fingerprint density at radius 2 is 2.21 bits per heavy atom. The van der Waals surface area contributed by atoms with Crippen LogP contribution in [0, 0.1) is 5.82 Å². The van der Waals surface area contributed by atoms with E-state index in [2.05, 4.69) is 20.6 Å². The van der Waals surface area contributed by atoms with Gasteiger partial charge in [0.2, 0.25) is 11.7 Å². The molecule has 1 aromatic heterocycles. The van der Waals surface area contributed by atoms with Crippen LogP contribution in [0.25, 0.3) is 11.4 Å². The van der Waals surface area contributed by atoms with Gasteiger partial charge in [0.05, 0.1) is 0 Å². The average molecular weight is 263 g/mol. The number of benzene rings is 1. The molecule has 1 aromatic carbocycles. The molecule has 0 saturated carbocycles. The van der Waals surface area contributed by atoms with E-state index in [1.165, 1.54) is 6.07 Å². The number of carbonyl (C=O) groups is 1. The van der Waals surface area contributed by atoms with Gasteiger partial charge >= 0.3 is 0 Å². The van der Waals surface area contributed by atoms with Crippen molar-refractivity contribution < 1.29 is 9.18 Å². The third kappa shape index (κ3) is 3.57. The molecule has 0 unspecified atom stereocenters. The fourth-order valence-electron chi connectivity index (χ4n) is 1.80. The van der Waals surface area contributed by atoms with Crippen LogP contribution in [0.3, 0.4) is 0 Å². The molecule has 0 aliphatic carbocycles. The Morgan fingerprint density at radius 3 is 2.89 bits per heavy atom. The molecule has 0 bridgehead atoms. The number of H-pyrrole nitrogens is 1. The van der Waals surface area contributed by atoms with Gasteiger partial charge in [0, 0.05) is 12.0 Å². The van der Waals surface area contributed by atoms with E-state index in [1.807, 2.05) is 0 Å². The van der Waals surface area contributed by atoms with Crippen molar-refractivity contribution in [3.05, 3.63) is 29.6 Å². The minimum atomic E-state index is -0.332. The van der Waals surface area contributed by atoms with Gasteiger partial charge in [-0.15, -0.1) is 10.2 Å². The number of carbonyl (C=O) groups excluding carboxylic acids is 1. The van der Waals surface area contributed by atoms with E-state index in [0.717, 1.165) is 0 Å². The molecule has 1 amide bonds. The topological polar surface area (TPSA) is 97.5 Å². The first-order chi connectivity index (χ1) is 9.16. The molecule has 0 aliphatic rings. The van der Waals surface area contributed by atoms with Crippen molar-refractivity contribution in [2.24, 2.45) is 5.73 Å². The zero-order chi connectivity index (χ0) is 13.7. The highest BCUT2D eigenvalue weighted by Crippen LogP contribution is 2.19. The lowest BCUT2D eigenvalue weighted by atomic mass is 10.0. The standard InChI is InChI=1S/C12H14FN5O/c13-10-6-5-9(12-15-17-18-16-12)7-8(10)3-1-2-4-11(14)19/h5-7H,1-4H2,(H2,14,19)(H,15,16,17,18). The van der Waals surface area contributed by atoms with E-state index in [1.54, 1.807) is 12.1 Å². The summed E-state index contributed by atoms with van der Waals surface area (Å²) in [6.45, 7) is 0. The molecule has 19 heavy (non-hydrogen) atoms. The number of aromatic amines is 1. The number of primary amides is 1. The lowest BCUT2D eigenvalue weighted by molar-refractivity contribution is -0.118. The third-order valence-corrected chi connectivity index (χ3v) is 2.77. The van der Waals surface area contributed by atoms with Gasteiger partial charge in [-0.05, 0) is 48.2 Å². The maximum Gasteiger partial charge on any atom is 0.217 e. The molecule has 0 atom stereocenters. The first-order valence-corrected chi connectivity index (χ1v) is 5.97. The van der Waals surface area contributed by atoms with E-state index in [0.29, 0.717) is 42.6 Å². The molecule has 7 heteroatoms. The van der Waals surface area contributed by atoms with Crippen LogP contribution >= 0.6 is 0 Å². The van der Waals surface area contributed by atoms with Crippen LogP contribution in [0.4, 0.5) is 4.39 Å². The number of nitrogens with two attached hydrogens (primary N) is 1. The van der Waals surface area contributed by atoms with Crippen LogP contribution < -0.4 is 5.73 Å². The molecule has 2 aromatic rings. The van der Waals surface area contributed by atoms with E-state index in [9.17, 15) is 9.18 Å². The van der Waals surface area contributed by atoms with Gasteiger partial charge in [-0.25, -0.2) is 4.39 Å². The quantitative estimate of drug-likeness (QED) is 0.765. The molecule has 0 fully saturated rings. The van der Waals surface area contributed by atoms with Gasteiger partial charge in [0.1, 0.15) is 5.82 Å². The number of tetrazole rings is 1. The number of halogens is 1. The Kier molecular flexibility index (Phi) is 4.17. The van der Waals surface area contributed by atoms with Crippen molar-refractivity contribution in [3.8, 4) is 11.4 Å². The van der Waals surface area contributed by atoms with Crippen LogP contribution in [0.2, 0.25) is 0 Å². The smallest absolute Gasteiger partial charge is 0.217 e. The molecule has 100 valence electrons. The lowest BCUT2D eigenvalue weighted by Crippen LogP contribution is -2.09. The summed E-state index contributed by atoms with van der Waals surface area (Å²) < 4.78 is 13.6. The maximum atomic E-state index is 13.6. The van der Waals surface area contributed by atoms with E-state index < -0.39 is 0 Å². The zero-order valence-corrected chi connectivity index (χ0v) is 10.3. The van der Waals surface area contributed by atoms with Crippen LogP contribution in [0.1, 0.15) is 24.8 Å². The number of nitrogens with one attached hydrogen (secondary N) is 1. The summed E-state index contributed by atoms with van der Waals surface area (Å²) in [6.07, 6.45) is 2.23. The number of rotatable bonds is 6. The second kappa shape index (κ2) is 6.03. The third-order valence-electron chi connectivity index (χ3n) is 2.77. The number of hydrogen-bond donors (Lipinski definition) is 2. The van der Waals surface area contributed by atoms with E-state index in [-0.39, 0.29) is 11.7 Å². The normalized spacial score (nSPS) is 10.6. The minimum Gasteiger partial charge on any atom is -0.370 e. The predicted molar refractivity (Wildman–Crippen MR) is 66.3 cm³/mol. The Morgan fingerprint density at radius 1 is 1.37 bits per heavy atom. The summed E-state index contributed by atoms with van der Waals surface area (Å²) in [4.78, 5) is 10.6. The highest BCUT2D eigenvalue weighted by atomic mass is 19.1. The summed E-state index contributed by atoms with van der Waals surface area (Å²) in [6, 6.07) is 4.69. The summed E-state index contributed by atoms with van der Waals surface area (Å²) >= 11 is 0. The molecule has 0 saturated heterocycles. The summed E-state index contributed by atoms with van der Waals surface area (Å²) in [5, 5.41) is 13.5. The highest BCUT2D eigenvalue weighted by molar-refractivity contribution is 5.73. The Bertz CT molecular complexity index is 555. The zero-order valence-electron chi connectivity index (χ0n) is 10.3. The van der Waals surface area contributed by atoms with Gasteiger partial charge in [-0.1, -0.05) is 0 Å². The molecule has 1 heterocycles. The van der Waals surface area contributed by atoms with Crippen molar-refractivity contribution in [1.29, 1.82) is 0 Å². The second-order valence-electron chi connectivity index (χ2n) is 4.22. The average Bonchev–Trinajstić information content (AvgIpc) is 2.90. The first-order valence-electron chi connectivity index (χ1n) is 5.97. The monoisotopic (exact) mass is 263 g/mol. The summed E-state index contributed by atoms with van der Waals surface area (Å²) in [5.74, 6) is -0.175. The van der Waals surface area contributed by atoms with Crippen molar-refractivity contribution in [2.45, 2.75) is 25.7 Å². The summed E-state index contributed by atoms with van der Waals surface area (Å²) in [7, 11) is 0. The van der Waals surface area contributed by atoms with Crippen molar-refractivity contribution in [3.63, 3.8) is 0 Å². The fourth-order valence-corrected chi connectivity index (χ4v) is 1.80. The van der Waals surface area contributed by atoms with Gasteiger partial charge in [-0.3, -0.25) is 4.79 Å². The van der Waals surface area contributed by atoms with Crippen LogP contribution in [-0.2, 0) is 11.2 Å². The number of amides is 1. The molecule has 0 radical (unpaired) electrons. The second-order valence-corrected chi connectivity index (χ2v) is 4.22. The van der Waals surface area contributed by atoms with Gasteiger partial charge in [0.15, 0.2) is 0 Å². The molecule has 3 N–H and O–H groups in total. The Hall–Kier alpha value is -2.31. The molecule has 6 nitrogen and oxygen atoms in total. The van der Waals surface area contributed by atoms with Gasteiger partial charge < -0.3 is 5.73 Å². The van der Waals surface area contributed by atoms with Crippen LogP contribution in [0.5, 0.6) is 0 Å². The van der Waals surface area contributed by atoms with Crippen molar-refractivity contribution >= 4 is 5.91 Å². The predicted octanol–water partition coefficient (Wildman–Crippen LogP) is 1.20. The lowest BCUT2D eigenvalue weighted by Gasteiger charge is -2.04. The van der Waals surface area contributed by atoms with Crippen LogP contribution in [0.15, 0.2) is 18.2 Å². The van der Waals surface area contributed by atoms with E-state index in [4.69, 9.17) is 5.73 Å². The highest BCUT2D eigenvalue weighted by Gasteiger charge is 2.08. The SMILES string of the molecule is NC(=O)CCCCc1cc(-c2nn[nH]n2)ccc1F. The number of unbranched alkanes of at least 4 members (excludes halogenated alkanes) is 1. The molecule has 0 spiro atoms. The number of aryl methyl sites for hydroxylation is 1. The van der Waals surface area contributed by atoms with Crippen molar-refractivity contribution in [2.75, 3.05) is 0 Å². The molecular weight excluding hydrogens is 249 g/mol. The largest absolute Gasteiger partial charge is 0.370 e. The molecule has 2 rings (SSSR count). The molecule has 0 aliphatic heterocycles. The van der Waals surface area contributed by atoms with E-state index >= 15 is 0 Å². The van der Waals surface area contributed by atoms with Gasteiger partial charge in [0.25, 0.3) is 0 Å². The van der Waals surface area contributed by atoms with Crippen LogP contribution in [-0.4, -0.2) is 26.5 Å². The maximum absolute atomic E-state index is 13.6. The van der Waals surface area contributed by atoms with Gasteiger partial charge in [-0.2, -0.15) is 5.21 Å². The molecular formula is C12H14FN5O. The first kappa shape index (κ1) is 13.1. The summed E-state index contributed by atoms with van der Waals surface area (Å²) in [5.41, 5.74) is 6.33. The number of nitrogens with zero attached hydrogens (tertiary/aromatic N) is 3. The Labute approximate surface area is 109 Å². The fraction of sp³-hybridized carbons (Fsp3) is 0.333. The minimum absolute atomic E-state index is 0.272. The number of hydrogen-bond acceptors (Lipinski definition) is 4.